The first-order valence-corrected chi connectivity index (χ1v) is 1.49. The highest BCUT2D eigenvalue weighted by Crippen LogP contribution is 1.70. The third kappa shape index (κ3) is 0.293. The number of H-pyrrole nitrogens is 1. The molecule has 0 aliphatic heterocycles. The van der Waals surface area contributed by atoms with Crippen molar-refractivity contribution in [3.8, 4) is 0 Å². The Balaban J connectivity index is 3.13. The maximum absolute atomic E-state index is 2.81. The molecule has 1 aromatic heterocycles. The average molecular weight is 66.1 g/mol. The maximum Gasteiger partial charge on any atom is 0.00847 e. The van der Waals surface area contributed by atoms with Crippen LogP contribution in [-0.2, 0) is 0 Å². The van der Waals surface area contributed by atoms with E-state index in [1.54, 1.807) is 6.20 Å². The number of aromatic nitrogens is 1. The van der Waals surface area contributed by atoms with Gasteiger partial charge in [0, 0.05) is 18.5 Å². The molecule has 0 saturated heterocycles. The highest BCUT2D eigenvalue weighted by molar-refractivity contribution is 4.82. The largest absolute Gasteiger partial charge is 0.367 e. The molecule has 0 fully saturated rings. The van der Waals surface area contributed by atoms with Gasteiger partial charge in [-0.05, 0) is 6.07 Å². The van der Waals surface area contributed by atoms with Gasteiger partial charge in [0.15, 0.2) is 0 Å². The second kappa shape index (κ2) is 0.931. The van der Waals surface area contributed by atoms with Crippen LogP contribution in [0.4, 0.5) is 0 Å². The molecular weight excluding hydrogens is 62.1 g/mol. The zero-order valence-electron chi connectivity index (χ0n) is 2.73. The Morgan fingerprint density at radius 3 is 2.80 bits per heavy atom. The summed E-state index contributed by atoms with van der Waals surface area (Å²) in [6, 6.07) is 4.62. The summed E-state index contributed by atoms with van der Waals surface area (Å²) < 4.78 is 0. The molecule has 1 heteroatoms. The molecule has 0 aliphatic carbocycles. The number of aromatic amines is 1. The first kappa shape index (κ1) is 2.51. The van der Waals surface area contributed by atoms with E-state index in [1.165, 1.54) is 0 Å². The van der Waals surface area contributed by atoms with Crippen LogP contribution in [0.5, 0.6) is 0 Å². The standard InChI is InChI=1S/C4H4N/c1-2-4-5-3-1/h1,3-5H. The van der Waals surface area contributed by atoms with E-state index in [1.807, 2.05) is 12.3 Å². The topological polar surface area (TPSA) is 15.8 Å². The van der Waals surface area contributed by atoms with E-state index >= 15 is 0 Å². The number of nitrogens with one attached hydrogen (secondary N) is 1. The minimum absolute atomic E-state index is 1.75. The van der Waals surface area contributed by atoms with Crippen molar-refractivity contribution in [3.05, 3.63) is 24.5 Å². The third-order valence-electron chi connectivity index (χ3n) is 0.442. The summed E-state index contributed by atoms with van der Waals surface area (Å²) in [5, 5.41) is 0. The van der Waals surface area contributed by atoms with Gasteiger partial charge >= 0.3 is 0 Å². The first-order valence-electron chi connectivity index (χ1n) is 1.49. The maximum atomic E-state index is 2.81. The molecule has 0 spiro atoms. The van der Waals surface area contributed by atoms with Crippen LogP contribution in [0.15, 0.2) is 18.5 Å². The van der Waals surface area contributed by atoms with Gasteiger partial charge in [-0.15, -0.1) is 0 Å². The molecule has 0 amide bonds. The van der Waals surface area contributed by atoms with E-state index in [9.17, 15) is 0 Å². The van der Waals surface area contributed by atoms with Crippen molar-refractivity contribution in [3.63, 3.8) is 0 Å². The second-order valence-electron chi connectivity index (χ2n) is 0.811. The van der Waals surface area contributed by atoms with Crippen molar-refractivity contribution >= 4 is 0 Å². The fourth-order valence-corrected chi connectivity index (χ4v) is 0.241. The fraction of sp³-hybridized carbons (Fsp3) is 0. The van der Waals surface area contributed by atoms with Gasteiger partial charge in [0.1, 0.15) is 0 Å². The molecule has 1 rings (SSSR count). The zero-order chi connectivity index (χ0) is 3.54. The summed E-state index contributed by atoms with van der Waals surface area (Å²) in [6.07, 6.45) is 3.57. The summed E-state index contributed by atoms with van der Waals surface area (Å²) in [5.74, 6) is 0. The van der Waals surface area contributed by atoms with Gasteiger partial charge in [0.25, 0.3) is 0 Å². The average Bonchev–Trinajstić information content (AvgIpc) is 1.76. The second-order valence-corrected chi connectivity index (χ2v) is 0.811. The van der Waals surface area contributed by atoms with Gasteiger partial charge in [-0.25, -0.2) is 0 Å². The minimum Gasteiger partial charge on any atom is -0.367 e. The molecule has 1 radical (unpaired) electrons. The van der Waals surface area contributed by atoms with Gasteiger partial charge < -0.3 is 4.98 Å². The third-order valence-corrected chi connectivity index (χ3v) is 0.442. The van der Waals surface area contributed by atoms with E-state index in [2.05, 4.69) is 11.1 Å². The van der Waals surface area contributed by atoms with E-state index in [-0.39, 0.29) is 0 Å². The fourth-order valence-electron chi connectivity index (χ4n) is 0.241. The van der Waals surface area contributed by atoms with Gasteiger partial charge in [0.2, 0.25) is 0 Å². The van der Waals surface area contributed by atoms with Crippen LogP contribution in [0.25, 0.3) is 0 Å². The van der Waals surface area contributed by atoms with Crippen LogP contribution in [-0.4, -0.2) is 4.98 Å². The quantitative estimate of drug-likeness (QED) is 0.461. The number of rotatable bonds is 0. The lowest BCUT2D eigenvalue weighted by Gasteiger charge is -1.48. The Morgan fingerprint density at radius 1 is 1.60 bits per heavy atom. The van der Waals surface area contributed by atoms with Crippen molar-refractivity contribution in [2.24, 2.45) is 0 Å². The Kier molecular flexibility index (Phi) is 0.468. The summed E-state index contributed by atoms with van der Waals surface area (Å²) >= 11 is 0. The van der Waals surface area contributed by atoms with Crippen LogP contribution >= 0.6 is 0 Å². The minimum atomic E-state index is 1.75. The molecule has 1 aromatic rings. The summed E-state index contributed by atoms with van der Waals surface area (Å²) in [7, 11) is 0. The van der Waals surface area contributed by atoms with E-state index in [0.717, 1.165) is 0 Å². The lowest BCUT2D eigenvalue weighted by molar-refractivity contribution is 1.41. The predicted octanol–water partition coefficient (Wildman–Crippen LogP) is 0.815. The number of hydrogen-bond donors (Lipinski definition) is 1. The van der Waals surface area contributed by atoms with Crippen LogP contribution in [0.3, 0.4) is 0 Å². The first-order chi connectivity index (χ1) is 2.50. The van der Waals surface area contributed by atoms with Crippen molar-refractivity contribution in [1.29, 1.82) is 0 Å². The van der Waals surface area contributed by atoms with Crippen molar-refractivity contribution in [2.45, 2.75) is 0 Å². The molecule has 0 unspecified atom stereocenters. The molecule has 0 atom stereocenters. The van der Waals surface area contributed by atoms with Crippen LogP contribution in [0, 0.1) is 6.07 Å². The van der Waals surface area contributed by atoms with Crippen LogP contribution < -0.4 is 0 Å². The van der Waals surface area contributed by atoms with Crippen LogP contribution in [0.2, 0.25) is 0 Å². The monoisotopic (exact) mass is 66.0 g/mol. The lowest BCUT2D eigenvalue weighted by atomic mass is 10.7. The molecule has 1 heterocycles. The summed E-state index contributed by atoms with van der Waals surface area (Å²) in [4.78, 5) is 2.81. The van der Waals surface area contributed by atoms with Crippen molar-refractivity contribution in [2.75, 3.05) is 0 Å². The molecular formula is C4H4N. The van der Waals surface area contributed by atoms with E-state index in [0.29, 0.717) is 0 Å². The molecule has 0 bridgehead atoms. The summed E-state index contributed by atoms with van der Waals surface area (Å²) in [6.45, 7) is 0. The predicted molar refractivity (Wildman–Crippen MR) is 19.6 cm³/mol. The molecule has 5 heavy (non-hydrogen) atoms. The van der Waals surface area contributed by atoms with Crippen LogP contribution in [0.1, 0.15) is 0 Å². The highest BCUT2D eigenvalue weighted by atomic mass is 14.6. The highest BCUT2D eigenvalue weighted by Gasteiger charge is 1.57. The summed E-state index contributed by atoms with van der Waals surface area (Å²) in [5.41, 5.74) is 0. The smallest absolute Gasteiger partial charge is 0.00847 e. The molecule has 1 N–H and O–H groups in total. The van der Waals surface area contributed by atoms with Crippen molar-refractivity contribution in [1.82, 2.24) is 4.98 Å². The van der Waals surface area contributed by atoms with Gasteiger partial charge in [-0.1, -0.05) is 0 Å². The Morgan fingerprint density at radius 2 is 2.60 bits per heavy atom. The Labute approximate surface area is 30.6 Å². The molecule has 0 aromatic carbocycles. The zero-order valence-corrected chi connectivity index (χ0v) is 2.73. The lowest BCUT2D eigenvalue weighted by Crippen LogP contribution is -1.38. The molecule has 1 nitrogen and oxygen atoms in total. The Bertz CT molecular complexity index is 60.1. The normalized spacial score (nSPS) is 8.00. The van der Waals surface area contributed by atoms with Crippen molar-refractivity contribution < 1.29 is 0 Å². The van der Waals surface area contributed by atoms with Gasteiger partial charge in [-0.2, -0.15) is 0 Å². The molecule has 0 aliphatic rings. The van der Waals surface area contributed by atoms with E-state index in [4.69, 9.17) is 0 Å². The van der Waals surface area contributed by atoms with Gasteiger partial charge in [-0.3, -0.25) is 0 Å². The van der Waals surface area contributed by atoms with E-state index < -0.39 is 0 Å². The Hall–Kier alpha value is -0.720. The SMILES string of the molecule is [c]1cc[nH]c1. The van der Waals surface area contributed by atoms with Gasteiger partial charge in [0.05, 0.1) is 0 Å². The molecule has 0 saturated carbocycles. The molecule has 25 valence electrons. The number of hydrogen-bond acceptors (Lipinski definition) is 0.